The van der Waals surface area contributed by atoms with Crippen molar-refractivity contribution in [2.24, 2.45) is 0 Å². The van der Waals surface area contributed by atoms with E-state index in [2.05, 4.69) is 16.0 Å². The Morgan fingerprint density at radius 3 is 2.61 bits per heavy atom. The van der Waals surface area contributed by atoms with Gasteiger partial charge in [-0.3, -0.25) is 9.59 Å². The minimum absolute atomic E-state index is 0.0866. The molecule has 150 valence electrons. The summed E-state index contributed by atoms with van der Waals surface area (Å²) in [4.78, 5) is 47.4. The third-order valence-electron chi connectivity index (χ3n) is 3.75. The fourth-order valence-corrected chi connectivity index (χ4v) is 2.49. The van der Waals surface area contributed by atoms with Gasteiger partial charge in [-0.2, -0.15) is 0 Å². The van der Waals surface area contributed by atoms with E-state index in [1.165, 1.54) is 18.2 Å². The maximum Gasteiger partial charge on any atom is 0.338 e. The molecule has 0 spiro atoms. The van der Waals surface area contributed by atoms with Gasteiger partial charge in [0, 0.05) is 0 Å². The van der Waals surface area contributed by atoms with Gasteiger partial charge in [0.05, 0.1) is 29.5 Å². The predicted molar refractivity (Wildman–Crippen MR) is 94.5 cm³/mol. The number of amides is 3. The second-order valence-corrected chi connectivity index (χ2v) is 5.76. The van der Waals surface area contributed by atoms with Crippen LogP contribution >= 0.6 is 0 Å². The normalized spacial score (nSPS) is 16.0. The molecule has 0 saturated heterocycles. The van der Waals surface area contributed by atoms with Crippen molar-refractivity contribution in [1.29, 1.82) is 0 Å². The Morgan fingerprint density at radius 2 is 1.93 bits per heavy atom. The Balaban J connectivity index is 1.96. The van der Waals surface area contributed by atoms with Crippen molar-refractivity contribution in [3.63, 3.8) is 0 Å². The first-order chi connectivity index (χ1) is 13.3. The first-order valence-corrected chi connectivity index (χ1v) is 8.49. The molecular formula is C18H20FN3O6. The molecule has 1 aliphatic rings. The van der Waals surface area contributed by atoms with Crippen molar-refractivity contribution in [1.82, 2.24) is 16.0 Å². The van der Waals surface area contributed by atoms with Gasteiger partial charge in [-0.05, 0) is 26.0 Å². The number of halogens is 1. The predicted octanol–water partition coefficient (Wildman–Crippen LogP) is 0.617. The van der Waals surface area contributed by atoms with Crippen molar-refractivity contribution in [2.75, 3.05) is 19.8 Å². The van der Waals surface area contributed by atoms with E-state index in [-0.39, 0.29) is 23.4 Å². The molecule has 10 heteroatoms. The maximum absolute atomic E-state index is 13.5. The van der Waals surface area contributed by atoms with Gasteiger partial charge in [0.15, 0.2) is 0 Å². The molecule has 1 aromatic rings. The fraction of sp³-hybridized carbons (Fsp3) is 0.333. The molecule has 1 aromatic carbocycles. The van der Waals surface area contributed by atoms with Gasteiger partial charge in [0.2, 0.25) is 0 Å². The third-order valence-corrected chi connectivity index (χ3v) is 3.75. The summed E-state index contributed by atoms with van der Waals surface area (Å²) in [5.41, 5.74) is 0.00942. The minimum atomic E-state index is -0.833. The van der Waals surface area contributed by atoms with E-state index in [0.29, 0.717) is 0 Å². The van der Waals surface area contributed by atoms with Gasteiger partial charge in [0.1, 0.15) is 19.0 Å². The highest BCUT2D eigenvalue weighted by atomic mass is 19.1. The summed E-state index contributed by atoms with van der Waals surface area (Å²) in [5, 5.41) is 7.15. The standard InChI is InChI=1S/C18H20FN3O6/c1-3-27-17(25)15-10(2)21-18(26)22-13(15)9-28-14(23)8-20-16(24)11-6-4-5-7-12(11)19/h4-7,10H,3,8-9H2,1-2H3,(H,20,24)(H2,21,22,26)/t10-/m0/s1. The van der Waals surface area contributed by atoms with Crippen LogP contribution in [0.1, 0.15) is 24.2 Å². The summed E-state index contributed by atoms with van der Waals surface area (Å²) in [6.07, 6.45) is 0. The first-order valence-electron chi connectivity index (χ1n) is 8.49. The molecule has 0 radical (unpaired) electrons. The van der Waals surface area contributed by atoms with Gasteiger partial charge in [0.25, 0.3) is 5.91 Å². The summed E-state index contributed by atoms with van der Waals surface area (Å²) in [5.74, 6) is -2.98. The van der Waals surface area contributed by atoms with Gasteiger partial charge < -0.3 is 25.4 Å². The van der Waals surface area contributed by atoms with Crippen LogP contribution in [0.3, 0.4) is 0 Å². The molecule has 1 atom stereocenters. The van der Waals surface area contributed by atoms with Crippen molar-refractivity contribution in [2.45, 2.75) is 19.9 Å². The van der Waals surface area contributed by atoms with E-state index in [9.17, 15) is 23.6 Å². The number of hydrogen-bond donors (Lipinski definition) is 3. The largest absolute Gasteiger partial charge is 0.463 e. The summed E-state index contributed by atoms with van der Waals surface area (Å²) in [7, 11) is 0. The lowest BCUT2D eigenvalue weighted by Gasteiger charge is -2.26. The van der Waals surface area contributed by atoms with Gasteiger partial charge in [-0.1, -0.05) is 12.1 Å². The van der Waals surface area contributed by atoms with Crippen LogP contribution < -0.4 is 16.0 Å². The Bertz CT molecular complexity index is 823. The summed E-state index contributed by atoms with van der Waals surface area (Å²) >= 11 is 0. The number of esters is 2. The minimum Gasteiger partial charge on any atom is -0.463 e. The highest BCUT2D eigenvalue weighted by molar-refractivity contribution is 5.96. The highest BCUT2D eigenvalue weighted by Gasteiger charge is 2.30. The molecule has 1 aliphatic heterocycles. The molecule has 28 heavy (non-hydrogen) atoms. The van der Waals surface area contributed by atoms with Crippen LogP contribution in [0.15, 0.2) is 35.5 Å². The molecule has 1 heterocycles. The summed E-state index contributed by atoms with van der Waals surface area (Å²) < 4.78 is 23.5. The summed E-state index contributed by atoms with van der Waals surface area (Å²) in [6, 6.07) is 4.13. The van der Waals surface area contributed by atoms with E-state index >= 15 is 0 Å². The Morgan fingerprint density at radius 1 is 1.21 bits per heavy atom. The number of carbonyl (C=O) groups excluding carboxylic acids is 4. The summed E-state index contributed by atoms with van der Waals surface area (Å²) in [6.45, 7) is 2.44. The molecule has 0 aliphatic carbocycles. The zero-order valence-corrected chi connectivity index (χ0v) is 15.3. The first kappa shape index (κ1) is 20.9. The van der Waals surface area contributed by atoms with Crippen molar-refractivity contribution in [3.8, 4) is 0 Å². The monoisotopic (exact) mass is 393 g/mol. The molecule has 0 fully saturated rings. The van der Waals surface area contributed by atoms with E-state index < -0.39 is 48.9 Å². The van der Waals surface area contributed by atoms with Gasteiger partial charge in [-0.15, -0.1) is 0 Å². The van der Waals surface area contributed by atoms with Crippen molar-refractivity contribution < 1.29 is 33.0 Å². The zero-order chi connectivity index (χ0) is 20.7. The molecule has 0 unspecified atom stereocenters. The smallest absolute Gasteiger partial charge is 0.338 e. The van der Waals surface area contributed by atoms with Crippen LogP contribution in [-0.2, 0) is 19.1 Å². The van der Waals surface area contributed by atoms with E-state index in [1.54, 1.807) is 13.8 Å². The molecular weight excluding hydrogens is 373 g/mol. The molecule has 9 nitrogen and oxygen atoms in total. The van der Waals surface area contributed by atoms with Crippen LogP contribution in [0.2, 0.25) is 0 Å². The molecule has 2 rings (SSSR count). The second kappa shape index (κ2) is 9.49. The lowest BCUT2D eigenvalue weighted by atomic mass is 10.0. The topological polar surface area (TPSA) is 123 Å². The highest BCUT2D eigenvalue weighted by Crippen LogP contribution is 2.14. The van der Waals surface area contributed by atoms with Crippen molar-refractivity contribution >= 4 is 23.9 Å². The Kier molecular flexibility index (Phi) is 7.08. The van der Waals surface area contributed by atoms with E-state index in [1.807, 2.05) is 0 Å². The van der Waals surface area contributed by atoms with E-state index in [4.69, 9.17) is 9.47 Å². The Labute approximate surface area is 160 Å². The number of hydrogen-bond acceptors (Lipinski definition) is 6. The average Bonchev–Trinajstić information content (AvgIpc) is 2.64. The zero-order valence-electron chi connectivity index (χ0n) is 15.3. The van der Waals surface area contributed by atoms with Crippen LogP contribution in [0.25, 0.3) is 0 Å². The number of urea groups is 1. The van der Waals surface area contributed by atoms with Gasteiger partial charge >= 0.3 is 18.0 Å². The SMILES string of the molecule is CCOC(=O)C1=C(COC(=O)CNC(=O)c2ccccc2F)NC(=O)N[C@H]1C. The lowest BCUT2D eigenvalue weighted by Crippen LogP contribution is -2.50. The van der Waals surface area contributed by atoms with Crippen LogP contribution in [0.4, 0.5) is 9.18 Å². The number of nitrogens with one attached hydrogen (secondary N) is 3. The third kappa shape index (κ3) is 5.29. The maximum atomic E-state index is 13.5. The Hall–Kier alpha value is -3.43. The molecule has 0 saturated carbocycles. The van der Waals surface area contributed by atoms with Crippen LogP contribution in [-0.4, -0.2) is 49.7 Å². The van der Waals surface area contributed by atoms with E-state index in [0.717, 1.165) is 6.07 Å². The quantitative estimate of drug-likeness (QED) is 0.584. The number of benzene rings is 1. The second-order valence-electron chi connectivity index (χ2n) is 5.76. The lowest BCUT2D eigenvalue weighted by molar-refractivity contribution is -0.142. The van der Waals surface area contributed by atoms with Crippen LogP contribution in [0.5, 0.6) is 0 Å². The molecule has 0 bridgehead atoms. The number of ether oxygens (including phenoxy) is 2. The molecule has 3 amide bonds. The number of carbonyl (C=O) groups is 4. The van der Waals surface area contributed by atoms with Crippen LogP contribution in [0, 0.1) is 5.82 Å². The molecule has 0 aromatic heterocycles. The van der Waals surface area contributed by atoms with Gasteiger partial charge in [-0.25, -0.2) is 14.0 Å². The fourth-order valence-electron chi connectivity index (χ4n) is 2.49. The molecule has 3 N–H and O–H groups in total. The van der Waals surface area contributed by atoms with Crippen molar-refractivity contribution in [3.05, 3.63) is 46.9 Å². The number of rotatable bonds is 7. The average molecular weight is 393 g/mol.